The largest absolute Gasteiger partial charge is 0.471 e. The molecule has 2 N–H and O–H groups in total. The number of carbonyl (C=O) groups excluding carboxylic acids is 2. The minimum absolute atomic E-state index is 0.219. The quantitative estimate of drug-likeness (QED) is 0.698. The molecule has 10 heteroatoms. The molecule has 1 unspecified atom stereocenters. The van der Waals surface area contributed by atoms with Crippen molar-refractivity contribution in [2.75, 3.05) is 12.4 Å². The Hall–Kier alpha value is -2.88. The summed E-state index contributed by atoms with van der Waals surface area (Å²) in [5.41, 5.74) is 0.166. The molecular formula is C19H23F3N4O3. The second kappa shape index (κ2) is 9.08. The number of methoxy groups -OCH3 is 1. The summed E-state index contributed by atoms with van der Waals surface area (Å²) in [4.78, 5) is 24.0. The molecule has 0 fully saturated rings. The molecule has 0 saturated carbocycles. The standard InChI is InChI=1S/C19H23F3N4O3/c1-18(2,29-3)9-10-26-12-14(11-23-26)24-16(27)15(13-7-5-4-6-8-13)25-17(28)19(20,21)22/h4-8,11-12,15H,9-10H2,1-3H3,(H,24,27)(H,25,28). The highest BCUT2D eigenvalue weighted by atomic mass is 19.4. The second-order valence-corrected chi connectivity index (χ2v) is 7.01. The third-order valence-electron chi connectivity index (χ3n) is 4.32. The topological polar surface area (TPSA) is 85.2 Å². The van der Waals surface area contributed by atoms with E-state index in [2.05, 4.69) is 10.4 Å². The van der Waals surface area contributed by atoms with Gasteiger partial charge in [-0.3, -0.25) is 14.3 Å². The number of carbonyl (C=O) groups is 2. The minimum Gasteiger partial charge on any atom is -0.379 e. The monoisotopic (exact) mass is 412 g/mol. The van der Waals surface area contributed by atoms with Crippen LogP contribution in [0.1, 0.15) is 31.9 Å². The Bertz CT molecular complexity index is 835. The van der Waals surface area contributed by atoms with Crippen molar-refractivity contribution in [2.24, 2.45) is 0 Å². The average molecular weight is 412 g/mol. The number of halogens is 3. The summed E-state index contributed by atoms with van der Waals surface area (Å²) in [6.45, 7) is 4.36. The summed E-state index contributed by atoms with van der Waals surface area (Å²) in [5.74, 6) is -3.01. The smallest absolute Gasteiger partial charge is 0.379 e. The van der Waals surface area contributed by atoms with Gasteiger partial charge in [0.1, 0.15) is 6.04 Å². The number of rotatable bonds is 8. The maximum Gasteiger partial charge on any atom is 0.471 e. The lowest BCUT2D eigenvalue weighted by Crippen LogP contribution is -2.43. The molecule has 0 aliphatic carbocycles. The lowest BCUT2D eigenvalue weighted by molar-refractivity contribution is -0.174. The first-order valence-corrected chi connectivity index (χ1v) is 8.83. The zero-order valence-electron chi connectivity index (χ0n) is 16.3. The molecule has 1 atom stereocenters. The lowest BCUT2D eigenvalue weighted by Gasteiger charge is -2.22. The number of nitrogens with one attached hydrogen (secondary N) is 2. The maximum atomic E-state index is 12.7. The van der Waals surface area contributed by atoms with Crippen LogP contribution in [0.2, 0.25) is 0 Å². The van der Waals surface area contributed by atoms with Gasteiger partial charge in [0.2, 0.25) is 0 Å². The Morgan fingerprint density at radius 1 is 1.21 bits per heavy atom. The van der Waals surface area contributed by atoms with E-state index in [0.29, 0.717) is 18.7 Å². The van der Waals surface area contributed by atoms with Gasteiger partial charge in [0.05, 0.1) is 17.5 Å². The minimum atomic E-state index is -5.10. The molecule has 158 valence electrons. The van der Waals surface area contributed by atoms with E-state index in [1.807, 2.05) is 13.8 Å². The predicted molar refractivity (Wildman–Crippen MR) is 99.9 cm³/mol. The molecule has 0 bridgehead atoms. The molecule has 0 aliphatic heterocycles. The number of ether oxygens (including phenoxy) is 1. The second-order valence-electron chi connectivity index (χ2n) is 7.01. The van der Waals surface area contributed by atoms with Crippen molar-refractivity contribution >= 4 is 17.5 Å². The fourth-order valence-electron chi connectivity index (χ4n) is 2.41. The molecule has 2 amide bonds. The Labute approximate surface area is 166 Å². The van der Waals surface area contributed by atoms with Gasteiger partial charge in [0, 0.05) is 19.9 Å². The number of hydrogen-bond acceptors (Lipinski definition) is 4. The first kappa shape index (κ1) is 22.4. The molecule has 2 rings (SSSR count). The van der Waals surface area contributed by atoms with E-state index in [0.717, 1.165) is 0 Å². The first-order chi connectivity index (χ1) is 13.5. The number of benzene rings is 1. The van der Waals surface area contributed by atoms with Crippen LogP contribution in [0.15, 0.2) is 42.7 Å². The summed E-state index contributed by atoms with van der Waals surface area (Å²) in [5, 5.41) is 8.34. The van der Waals surface area contributed by atoms with Crippen molar-refractivity contribution < 1.29 is 27.5 Å². The Kier molecular flexibility index (Phi) is 7.02. The molecule has 29 heavy (non-hydrogen) atoms. The van der Waals surface area contributed by atoms with Gasteiger partial charge in [-0.2, -0.15) is 18.3 Å². The van der Waals surface area contributed by atoms with Gasteiger partial charge in [-0.05, 0) is 25.8 Å². The van der Waals surface area contributed by atoms with Gasteiger partial charge in [-0.1, -0.05) is 30.3 Å². The zero-order valence-corrected chi connectivity index (χ0v) is 16.3. The van der Waals surface area contributed by atoms with Crippen LogP contribution in [-0.4, -0.2) is 40.5 Å². The molecule has 1 aromatic heterocycles. The van der Waals surface area contributed by atoms with Gasteiger partial charge in [-0.15, -0.1) is 0 Å². The van der Waals surface area contributed by atoms with E-state index in [4.69, 9.17) is 4.74 Å². The van der Waals surface area contributed by atoms with Crippen molar-refractivity contribution in [3.05, 3.63) is 48.3 Å². The van der Waals surface area contributed by atoms with E-state index in [1.54, 1.807) is 41.5 Å². The van der Waals surface area contributed by atoms with Crippen LogP contribution < -0.4 is 10.6 Å². The number of aromatic nitrogens is 2. The molecule has 1 aromatic carbocycles. The first-order valence-electron chi connectivity index (χ1n) is 8.83. The maximum absolute atomic E-state index is 12.7. The molecule has 1 heterocycles. The van der Waals surface area contributed by atoms with Gasteiger partial charge in [-0.25, -0.2) is 0 Å². The molecular weight excluding hydrogens is 389 g/mol. The van der Waals surface area contributed by atoms with Crippen molar-refractivity contribution in [3.63, 3.8) is 0 Å². The fraction of sp³-hybridized carbons (Fsp3) is 0.421. The number of anilines is 1. The SMILES string of the molecule is COC(C)(C)CCn1cc(NC(=O)C(NC(=O)C(F)(F)F)c2ccccc2)cn1. The van der Waals surface area contributed by atoms with E-state index >= 15 is 0 Å². The third kappa shape index (κ3) is 6.60. The molecule has 0 spiro atoms. The highest BCUT2D eigenvalue weighted by Crippen LogP contribution is 2.21. The molecule has 0 radical (unpaired) electrons. The lowest BCUT2D eigenvalue weighted by atomic mass is 10.1. The summed E-state index contributed by atoms with van der Waals surface area (Å²) < 4.78 is 44.9. The van der Waals surface area contributed by atoms with Crippen LogP contribution >= 0.6 is 0 Å². The Morgan fingerprint density at radius 3 is 2.45 bits per heavy atom. The van der Waals surface area contributed by atoms with Gasteiger partial charge in [0.25, 0.3) is 5.91 Å². The van der Waals surface area contributed by atoms with Crippen LogP contribution in [0.5, 0.6) is 0 Å². The number of hydrogen-bond donors (Lipinski definition) is 2. The normalized spacial score (nSPS) is 13.0. The number of aryl methyl sites for hydroxylation is 1. The van der Waals surface area contributed by atoms with Crippen LogP contribution in [0.25, 0.3) is 0 Å². The number of nitrogens with zero attached hydrogens (tertiary/aromatic N) is 2. The Morgan fingerprint density at radius 2 is 1.86 bits per heavy atom. The number of alkyl halides is 3. The molecule has 0 aliphatic rings. The van der Waals surface area contributed by atoms with Crippen LogP contribution in [0.3, 0.4) is 0 Å². The summed E-state index contributed by atoms with van der Waals surface area (Å²) in [7, 11) is 1.60. The molecule has 7 nitrogen and oxygen atoms in total. The average Bonchev–Trinajstić information content (AvgIpc) is 3.11. The van der Waals surface area contributed by atoms with E-state index in [-0.39, 0.29) is 11.2 Å². The highest BCUT2D eigenvalue weighted by Gasteiger charge is 2.41. The highest BCUT2D eigenvalue weighted by molar-refractivity contribution is 5.98. The van der Waals surface area contributed by atoms with Crippen LogP contribution in [-0.2, 0) is 20.9 Å². The summed E-state index contributed by atoms with van der Waals surface area (Å²) in [6.07, 6.45) is -1.51. The van der Waals surface area contributed by atoms with Crippen molar-refractivity contribution in [3.8, 4) is 0 Å². The summed E-state index contributed by atoms with van der Waals surface area (Å²) >= 11 is 0. The fourth-order valence-corrected chi connectivity index (χ4v) is 2.41. The van der Waals surface area contributed by atoms with Crippen LogP contribution in [0.4, 0.5) is 18.9 Å². The number of amides is 2. The van der Waals surface area contributed by atoms with Gasteiger partial charge < -0.3 is 15.4 Å². The van der Waals surface area contributed by atoms with Crippen molar-refractivity contribution in [1.29, 1.82) is 0 Å². The van der Waals surface area contributed by atoms with E-state index in [9.17, 15) is 22.8 Å². The van der Waals surface area contributed by atoms with Crippen molar-refractivity contribution in [1.82, 2.24) is 15.1 Å². The van der Waals surface area contributed by atoms with E-state index < -0.39 is 24.0 Å². The van der Waals surface area contributed by atoms with Gasteiger partial charge >= 0.3 is 12.1 Å². The third-order valence-corrected chi connectivity index (χ3v) is 4.32. The molecule has 2 aromatic rings. The predicted octanol–water partition coefficient (Wildman–Crippen LogP) is 3.06. The zero-order chi connectivity index (χ0) is 21.7. The van der Waals surface area contributed by atoms with E-state index in [1.165, 1.54) is 18.3 Å². The summed E-state index contributed by atoms with van der Waals surface area (Å²) in [6, 6.07) is 6.17. The van der Waals surface area contributed by atoms with Crippen LogP contribution in [0, 0.1) is 0 Å². The Balaban J connectivity index is 2.11. The van der Waals surface area contributed by atoms with Gasteiger partial charge in [0.15, 0.2) is 0 Å². The van der Waals surface area contributed by atoms with Crippen molar-refractivity contribution in [2.45, 2.75) is 44.6 Å². The molecule has 0 saturated heterocycles.